The number of hydrogen-bond acceptors (Lipinski definition) is 6. The van der Waals surface area contributed by atoms with Crippen LogP contribution in [-0.4, -0.2) is 48.1 Å². The van der Waals surface area contributed by atoms with Gasteiger partial charge in [-0.3, -0.25) is 0 Å². The SMILES string of the molecule is COC(=O)OCCS(=O)(=O)c1cccc2c(N(C)C)cccc12. The van der Waals surface area contributed by atoms with Gasteiger partial charge in [-0.1, -0.05) is 24.3 Å². The van der Waals surface area contributed by atoms with Crippen molar-refractivity contribution in [3.63, 3.8) is 0 Å². The fourth-order valence-electron chi connectivity index (χ4n) is 2.33. The Kier molecular flexibility index (Phi) is 5.10. The maximum absolute atomic E-state index is 12.6. The molecule has 0 heterocycles. The van der Waals surface area contributed by atoms with Gasteiger partial charge < -0.3 is 14.4 Å². The molecule has 0 saturated heterocycles. The number of anilines is 1. The van der Waals surface area contributed by atoms with E-state index in [1.54, 1.807) is 18.2 Å². The van der Waals surface area contributed by atoms with Gasteiger partial charge >= 0.3 is 6.16 Å². The van der Waals surface area contributed by atoms with Crippen LogP contribution in [0, 0.1) is 0 Å². The van der Waals surface area contributed by atoms with Gasteiger partial charge in [0.2, 0.25) is 0 Å². The van der Waals surface area contributed by atoms with Gasteiger partial charge in [-0.15, -0.1) is 0 Å². The molecule has 2 rings (SSSR count). The summed E-state index contributed by atoms with van der Waals surface area (Å²) in [5, 5.41) is 1.50. The van der Waals surface area contributed by atoms with Crippen molar-refractivity contribution in [3.8, 4) is 0 Å². The third-order valence-electron chi connectivity index (χ3n) is 3.41. The molecule has 0 radical (unpaired) electrons. The van der Waals surface area contributed by atoms with Gasteiger partial charge in [0, 0.05) is 30.6 Å². The van der Waals surface area contributed by atoms with Crippen LogP contribution in [0.1, 0.15) is 0 Å². The quantitative estimate of drug-likeness (QED) is 0.781. The molecule has 0 saturated carbocycles. The lowest BCUT2D eigenvalue weighted by Crippen LogP contribution is -2.16. The molecular formula is C16H19NO5S. The predicted octanol–water partition coefficient (Wildman–Crippen LogP) is 2.46. The van der Waals surface area contributed by atoms with Crippen molar-refractivity contribution in [1.29, 1.82) is 0 Å². The summed E-state index contributed by atoms with van der Waals surface area (Å²) in [5.74, 6) is -0.298. The van der Waals surface area contributed by atoms with Gasteiger partial charge in [-0.05, 0) is 12.1 Å². The van der Waals surface area contributed by atoms with Crippen molar-refractivity contribution in [2.45, 2.75) is 4.90 Å². The number of methoxy groups -OCH3 is 1. The van der Waals surface area contributed by atoms with Gasteiger partial charge in [-0.2, -0.15) is 0 Å². The van der Waals surface area contributed by atoms with E-state index in [1.165, 1.54) is 7.11 Å². The van der Waals surface area contributed by atoms with E-state index in [9.17, 15) is 13.2 Å². The molecule has 0 aliphatic rings. The van der Waals surface area contributed by atoms with Crippen LogP contribution in [0.5, 0.6) is 0 Å². The van der Waals surface area contributed by atoms with Crippen LogP contribution in [0.4, 0.5) is 10.5 Å². The number of fused-ring (bicyclic) bond motifs is 1. The molecule has 0 amide bonds. The Morgan fingerprint density at radius 3 is 2.39 bits per heavy atom. The smallest absolute Gasteiger partial charge is 0.438 e. The zero-order valence-corrected chi connectivity index (χ0v) is 14.1. The van der Waals surface area contributed by atoms with Crippen LogP contribution in [0.25, 0.3) is 10.8 Å². The van der Waals surface area contributed by atoms with E-state index in [0.29, 0.717) is 5.39 Å². The van der Waals surface area contributed by atoms with Crippen LogP contribution in [0.3, 0.4) is 0 Å². The molecule has 0 atom stereocenters. The van der Waals surface area contributed by atoms with E-state index in [-0.39, 0.29) is 17.3 Å². The number of hydrogen-bond donors (Lipinski definition) is 0. The fourth-order valence-corrected chi connectivity index (χ4v) is 3.65. The molecule has 6 nitrogen and oxygen atoms in total. The van der Waals surface area contributed by atoms with Crippen LogP contribution >= 0.6 is 0 Å². The topological polar surface area (TPSA) is 72.9 Å². The van der Waals surface area contributed by atoms with Crippen molar-refractivity contribution in [2.24, 2.45) is 0 Å². The number of sulfone groups is 1. The van der Waals surface area contributed by atoms with Crippen LogP contribution in [0.2, 0.25) is 0 Å². The Morgan fingerprint density at radius 1 is 1.09 bits per heavy atom. The lowest BCUT2D eigenvalue weighted by Gasteiger charge is -2.17. The van der Waals surface area contributed by atoms with E-state index in [4.69, 9.17) is 0 Å². The van der Waals surface area contributed by atoms with Crippen LogP contribution < -0.4 is 4.90 Å². The first-order valence-corrected chi connectivity index (χ1v) is 8.64. The molecule has 0 bridgehead atoms. The molecule has 2 aromatic carbocycles. The van der Waals surface area contributed by atoms with E-state index in [2.05, 4.69) is 9.47 Å². The van der Waals surface area contributed by atoms with E-state index >= 15 is 0 Å². The summed E-state index contributed by atoms with van der Waals surface area (Å²) in [4.78, 5) is 13.1. The Morgan fingerprint density at radius 2 is 1.74 bits per heavy atom. The van der Waals surface area contributed by atoms with Crippen LogP contribution in [0.15, 0.2) is 41.3 Å². The highest BCUT2D eigenvalue weighted by Gasteiger charge is 2.19. The first kappa shape index (κ1) is 17.1. The molecule has 0 unspecified atom stereocenters. The molecule has 0 spiro atoms. The molecule has 7 heteroatoms. The summed E-state index contributed by atoms with van der Waals surface area (Å²) >= 11 is 0. The molecule has 0 fully saturated rings. The largest absolute Gasteiger partial charge is 0.508 e. The van der Waals surface area contributed by atoms with E-state index < -0.39 is 16.0 Å². The number of ether oxygens (including phenoxy) is 2. The minimum Gasteiger partial charge on any atom is -0.438 e. The fraction of sp³-hybridized carbons (Fsp3) is 0.312. The average Bonchev–Trinajstić information content (AvgIpc) is 2.53. The van der Waals surface area contributed by atoms with E-state index in [0.717, 1.165) is 11.1 Å². The molecular weight excluding hydrogens is 318 g/mol. The Bertz CT molecular complexity index is 814. The molecule has 0 aromatic heterocycles. The summed E-state index contributed by atoms with van der Waals surface area (Å²) in [5.41, 5.74) is 0.936. The minimum atomic E-state index is -3.58. The number of carbonyl (C=O) groups is 1. The zero-order valence-electron chi connectivity index (χ0n) is 13.3. The second-order valence-corrected chi connectivity index (χ2v) is 7.22. The maximum Gasteiger partial charge on any atom is 0.508 e. The van der Waals surface area contributed by atoms with Gasteiger partial charge in [0.1, 0.15) is 6.61 Å². The lowest BCUT2D eigenvalue weighted by atomic mass is 10.1. The average molecular weight is 337 g/mol. The molecule has 0 aliphatic carbocycles. The maximum atomic E-state index is 12.6. The first-order chi connectivity index (χ1) is 10.9. The number of benzene rings is 2. The Balaban J connectivity index is 2.39. The summed E-state index contributed by atoms with van der Waals surface area (Å²) < 4.78 is 34.1. The molecule has 2 aromatic rings. The summed E-state index contributed by atoms with van der Waals surface area (Å²) in [7, 11) is 1.39. The molecule has 23 heavy (non-hydrogen) atoms. The van der Waals surface area contributed by atoms with Crippen LogP contribution in [-0.2, 0) is 19.3 Å². The second-order valence-electron chi connectivity index (χ2n) is 5.14. The molecule has 0 aliphatic heterocycles. The summed E-state index contributed by atoms with van der Waals surface area (Å²) in [6.45, 7) is -0.251. The van der Waals surface area contributed by atoms with E-state index in [1.807, 2.05) is 37.2 Å². The standard InChI is InChI=1S/C16H19NO5S/c1-17(2)14-8-4-7-13-12(14)6-5-9-15(13)23(19,20)11-10-22-16(18)21-3/h4-9H,10-11H2,1-3H3. The van der Waals surface area contributed by atoms with Gasteiger partial charge in [-0.25, -0.2) is 13.2 Å². The lowest BCUT2D eigenvalue weighted by molar-refractivity contribution is 0.0776. The number of carbonyl (C=O) groups excluding carboxylic acids is 1. The predicted molar refractivity (Wildman–Crippen MR) is 88.7 cm³/mol. The monoisotopic (exact) mass is 337 g/mol. The highest BCUT2D eigenvalue weighted by atomic mass is 32.2. The molecule has 0 N–H and O–H groups in total. The van der Waals surface area contributed by atoms with Crippen molar-refractivity contribution >= 4 is 32.5 Å². The minimum absolute atomic E-state index is 0.229. The Labute approximate surface area is 135 Å². The summed E-state index contributed by atoms with van der Waals surface area (Å²) in [6.07, 6.45) is -0.895. The molecule has 124 valence electrons. The first-order valence-electron chi connectivity index (χ1n) is 6.99. The van der Waals surface area contributed by atoms with Crippen molar-refractivity contribution in [3.05, 3.63) is 36.4 Å². The second kappa shape index (κ2) is 6.87. The van der Waals surface area contributed by atoms with Gasteiger partial charge in [0.25, 0.3) is 0 Å². The zero-order chi connectivity index (χ0) is 17.0. The van der Waals surface area contributed by atoms with Crippen molar-refractivity contribution in [2.75, 3.05) is 38.5 Å². The van der Waals surface area contributed by atoms with Crippen molar-refractivity contribution in [1.82, 2.24) is 0 Å². The van der Waals surface area contributed by atoms with Crippen molar-refractivity contribution < 1.29 is 22.7 Å². The van der Waals surface area contributed by atoms with Gasteiger partial charge in [0.05, 0.1) is 17.8 Å². The normalized spacial score (nSPS) is 11.3. The highest BCUT2D eigenvalue weighted by Crippen LogP contribution is 2.30. The highest BCUT2D eigenvalue weighted by molar-refractivity contribution is 7.91. The third kappa shape index (κ3) is 3.73. The number of rotatable bonds is 5. The Hall–Kier alpha value is -2.28. The number of nitrogens with zero attached hydrogens (tertiary/aromatic N) is 1. The third-order valence-corrected chi connectivity index (χ3v) is 5.14. The summed E-state index contributed by atoms with van der Waals surface area (Å²) in [6, 6.07) is 10.7. The van der Waals surface area contributed by atoms with Gasteiger partial charge in [0.15, 0.2) is 9.84 Å².